The van der Waals surface area contributed by atoms with Crippen molar-refractivity contribution in [3.05, 3.63) is 29.8 Å². The van der Waals surface area contributed by atoms with Crippen LogP contribution in [0.3, 0.4) is 0 Å². The highest BCUT2D eigenvalue weighted by Crippen LogP contribution is 2.20. The van der Waals surface area contributed by atoms with Crippen LogP contribution in [0.4, 0.5) is 5.69 Å². The molecular weight excluding hydrogens is 304 g/mol. The van der Waals surface area contributed by atoms with Crippen LogP contribution in [0, 0.1) is 5.92 Å². The van der Waals surface area contributed by atoms with Gasteiger partial charge in [0, 0.05) is 44.1 Å². The Labute approximate surface area is 144 Å². The average molecular weight is 332 g/mol. The molecule has 2 fully saturated rings. The van der Waals surface area contributed by atoms with Crippen molar-refractivity contribution < 1.29 is 14.6 Å². The predicted molar refractivity (Wildman–Crippen MR) is 94.2 cm³/mol. The van der Waals surface area contributed by atoms with E-state index in [1.807, 2.05) is 29.2 Å². The maximum absolute atomic E-state index is 12.5. The zero-order chi connectivity index (χ0) is 16.8. The summed E-state index contributed by atoms with van der Waals surface area (Å²) in [5.41, 5.74) is 1.78. The van der Waals surface area contributed by atoms with E-state index in [1.54, 1.807) is 0 Å². The maximum atomic E-state index is 12.5. The molecule has 1 amide bonds. The second-order valence-corrected chi connectivity index (χ2v) is 6.85. The van der Waals surface area contributed by atoms with Gasteiger partial charge in [-0.3, -0.25) is 4.79 Å². The summed E-state index contributed by atoms with van der Waals surface area (Å²) in [4.78, 5) is 14.4. The van der Waals surface area contributed by atoms with Crippen LogP contribution in [-0.4, -0.2) is 54.9 Å². The van der Waals surface area contributed by atoms with Gasteiger partial charge in [0.05, 0.1) is 6.10 Å². The van der Waals surface area contributed by atoms with Gasteiger partial charge in [-0.2, -0.15) is 0 Å². The molecule has 132 valence electrons. The zero-order valence-electron chi connectivity index (χ0n) is 14.2. The van der Waals surface area contributed by atoms with Crippen LogP contribution in [-0.2, 0) is 4.74 Å². The molecule has 5 nitrogen and oxygen atoms in total. The van der Waals surface area contributed by atoms with E-state index >= 15 is 0 Å². The average Bonchev–Trinajstić information content (AvgIpc) is 3.15. The molecule has 0 radical (unpaired) electrons. The Kier molecular flexibility index (Phi) is 6.10. The molecule has 2 saturated heterocycles. The van der Waals surface area contributed by atoms with Gasteiger partial charge in [0.25, 0.3) is 5.91 Å². The van der Waals surface area contributed by atoms with Crippen LogP contribution in [0.2, 0.25) is 0 Å². The maximum Gasteiger partial charge on any atom is 0.253 e. The Morgan fingerprint density at radius 3 is 2.58 bits per heavy atom. The summed E-state index contributed by atoms with van der Waals surface area (Å²) >= 11 is 0. The monoisotopic (exact) mass is 332 g/mol. The lowest BCUT2D eigenvalue weighted by Crippen LogP contribution is -2.39. The van der Waals surface area contributed by atoms with Crippen molar-refractivity contribution in [2.75, 3.05) is 38.2 Å². The van der Waals surface area contributed by atoms with E-state index in [0.717, 1.165) is 56.8 Å². The summed E-state index contributed by atoms with van der Waals surface area (Å²) in [6.07, 6.45) is 5.57. The van der Waals surface area contributed by atoms with Crippen molar-refractivity contribution in [1.82, 2.24) is 4.90 Å². The predicted octanol–water partition coefficient (Wildman–Crippen LogP) is 2.51. The van der Waals surface area contributed by atoms with Crippen LogP contribution < -0.4 is 5.32 Å². The number of hydrogen-bond donors (Lipinski definition) is 2. The first-order chi connectivity index (χ1) is 11.8. The minimum Gasteiger partial charge on any atom is -0.396 e. The Morgan fingerprint density at radius 1 is 1.21 bits per heavy atom. The number of likely N-dealkylation sites (tertiary alicyclic amines) is 1. The van der Waals surface area contributed by atoms with Gasteiger partial charge in [-0.1, -0.05) is 0 Å². The van der Waals surface area contributed by atoms with E-state index in [2.05, 4.69) is 5.32 Å². The first kappa shape index (κ1) is 17.2. The van der Waals surface area contributed by atoms with Crippen LogP contribution in [0.1, 0.15) is 42.5 Å². The Balaban J connectivity index is 1.46. The molecule has 2 heterocycles. The third-order valence-electron chi connectivity index (χ3n) is 5.11. The lowest BCUT2D eigenvalue weighted by molar-refractivity contribution is 0.0651. The number of piperidine rings is 1. The fourth-order valence-electron chi connectivity index (χ4n) is 3.48. The number of carbonyl (C=O) groups is 1. The number of anilines is 1. The molecular formula is C19H28N2O3. The number of aliphatic hydroxyl groups excluding tert-OH is 1. The van der Waals surface area contributed by atoms with Gasteiger partial charge in [-0.15, -0.1) is 0 Å². The number of rotatable bonds is 6. The van der Waals surface area contributed by atoms with Crippen LogP contribution in [0.5, 0.6) is 0 Å². The molecule has 0 spiro atoms. The first-order valence-corrected chi connectivity index (χ1v) is 9.12. The quantitative estimate of drug-likeness (QED) is 0.840. The molecule has 0 aromatic heterocycles. The summed E-state index contributed by atoms with van der Waals surface area (Å²) in [6.45, 7) is 3.51. The van der Waals surface area contributed by atoms with Gasteiger partial charge in [0.2, 0.25) is 0 Å². The van der Waals surface area contributed by atoms with E-state index in [9.17, 15) is 9.90 Å². The van der Waals surface area contributed by atoms with Crippen LogP contribution >= 0.6 is 0 Å². The fraction of sp³-hybridized carbons (Fsp3) is 0.632. The van der Waals surface area contributed by atoms with Crippen molar-refractivity contribution in [2.24, 2.45) is 5.92 Å². The van der Waals surface area contributed by atoms with Gasteiger partial charge >= 0.3 is 0 Å². The summed E-state index contributed by atoms with van der Waals surface area (Å²) < 4.78 is 5.62. The van der Waals surface area contributed by atoms with Gasteiger partial charge in [0.1, 0.15) is 0 Å². The molecule has 0 bridgehead atoms. The molecule has 2 aliphatic heterocycles. The summed E-state index contributed by atoms with van der Waals surface area (Å²) in [7, 11) is 0. The summed E-state index contributed by atoms with van der Waals surface area (Å²) in [5.74, 6) is 0.446. The van der Waals surface area contributed by atoms with E-state index < -0.39 is 0 Å². The number of benzene rings is 1. The standard InChI is InChI=1S/C19H28N2O3/c22-14-15-8-11-21(12-9-15)19(23)16-3-5-17(6-4-16)20-10-7-18-2-1-13-24-18/h3-6,15,18,20,22H,1-2,7-14H2/t18-/m1/s1. The SMILES string of the molecule is O=C(c1ccc(NCC[C@H]2CCCO2)cc1)N1CCC(CO)CC1. The molecule has 0 saturated carbocycles. The van der Waals surface area contributed by atoms with Crippen LogP contribution in [0.25, 0.3) is 0 Å². The Bertz CT molecular complexity index is 518. The highest BCUT2D eigenvalue weighted by molar-refractivity contribution is 5.94. The number of aliphatic hydroxyl groups is 1. The minimum absolute atomic E-state index is 0.0947. The van der Waals surface area contributed by atoms with Crippen LogP contribution in [0.15, 0.2) is 24.3 Å². The molecule has 0 unspecified atom stereocenters. The van der Waals surface area contributed by atoms with Gasteiger partial charge in [-0.25, -0.2) is 0 Å². The molecule has 1 aromatic rings. The van der Waals surface area contributed by atoms with Crippen molar-refractivity contribution in [3.63, 3.8) is 0 Å². The third-order valence-corrected chi connectivity index (χ3v) is 5.11. The van der Waals surface area contributed by atoms with Gasteiger partial charge in [0.15, 0.2) is 0 Å². The number of nitrogens with zero attached hydrogens (tertiary/aromatic N) is 1. The fourth-order valence-corrected chi connectivity index (χ4v) is 3.48. The summed E-state index contributed by atoms with van der Waals surface area (Å²) in [6, 6.07) is 7.75. The number of hydrogen-bond acceptors (Lipinski definition) is 4. The first-order valence-electron chi connectivity index (χ1n) is 9.12. The Morgan fingerprint density at radius 2 is 1.96 bits per heavy atom. The van der Waals surface area contributed by atoms with E-state index in [4.69, 9.17) is 4.74 Å². The number of amides is 1. The molecule has 1 atom stereocenters. The van der Waals surface area contributed by atoms with Crippen molar-refractivity contribution in [2.45, 2.75) is 38.2 Å². The second kappa shape index (κ2) is 8.49. The third kappa shape index (κ3) is 4.48. The highest BCUT2D eigenvalue weighted by atomic mass is 16.5. The molecule has 2 aliphatic rings. The topological polar surface area (TPSA) is 61.8 Å². The Hall–Kier alpha value is -1.59. The lowest BCUT2D eigenvalue weighted by Gasteiger charge is -2.31. The molecule has 2 N–H and O–H groups in total. The normalized spacial score (nSPS) is 21.9. The smallest absolute Gasteiger partial charge is 0.253 e. The number of nitrogens with one attached hydrogen (secondary N) is 1. The second-order valence-electron chi connectivity index (χ2n) is 6.85. The molecule has 1 aromatic carbocycles. The molecule has 3 rings (SSSR count). The molecule has 0 aliphatic carbocycles. The van der Waals surface area contributed by atoms with E-state index in [-0.39, 0.29) is 12.5 Å². The van der Waals surface area contributed by atoms with Gasteiger partial charge < -0.3 is 20.1 Å². The number of carbonyl (C=O) groups excluding carboxylic acids is 1. The largest absolute Gasteiger partial charge is 0.396 e. The molecule has 24 heavy (non-hydrogen) atoms. The van der Waals surface area contributed by atoms with Crippen molar-refractivity contribution in [3.8, 4) is 0 Å². The molecule has 5 heteroatoms. The van der Waals surface area contributed by atoms with E-state index in [1.165, 1.54) is 12.8 Å². The highest BCUT2D eigenvalue weighted by Gasteiger charge is 2.23. The number of ether oxygens (including phenoxy) is 1. The lowest BCUT2D eigenvalue weighted by atomic mass is 9.97. The zero-order valence-corrected chi connectivity index (χ0v) is 14.2. The van der Waals surface area contributed by atoms with Gasteiger partial charge in [-0.05, 0) is 62.3 Å². The van der Waals surface area contributed by atoms with E-state index in [0.29, 0.717) is 12.0 Å². The summed E-state index contributed by atoms with van der Waals surface area (Å²) in [5, 5.41) is 12.6. The van der Waals surface area contributed by atoms with Crippen molar-refractivity contribution in [1.29, 1.82) is 0 Å². The van der Waals surface area contributed by atoms with Crippen molar-refractivity contribution >= 4 is 11.6 Å². The minimum atomic E-state index is 0.0947.